The van der Waals surface area contributed by atoms with Crippen LogP contribution in [0.2, 0.25) is 0 Å². The molecule has 0 aromatic heterocycles. The molecule has 3 aromatic carbocycles. The topological polar surface area (TPSA) is 120 Å². The fourth-order valence-electron chi connectivity index (χ4n) is 4.71. The standard InChI is InChI=1S/C33H33N3O5/c34-22-27-8-6-24(7-9-27)12-15-32(38)36-18-16-26(17-19-36)21-31(37)35-30(33(39)40)20-25-10-13-29(14-11-25)41-23-28-4-2-1-3-5-28/h1-15,26,30H,16-21,23H2,(H,35,37)(H,39,40). The highest BCUT2D eigenvalue weighted by Gasteiger charge is 2.26. The number of piperidine rings is 1. The largest absolute Gasteiger partial charge is 0.489 e. The summed E-state index contributed by atoms with van der Waals surface area (Å²) in [5.41, 5.74) is 3.24. The van der Waals surface area contributed by atoms with E-state index < -0.39 is 12.0 Å². The third-order valence-electron chi connectivity index (χ3n) is 7.10. The lowest BCUT2D eigenvalue weighted by Gasteiger charge is -2.31. The van der Waals surface area contributed by atoms with E-state index in [1.165, 1.54) is 6.08 Å². The Morgan fingerprint density at radius 3 is 2.29 bits per heavy atom. The molecule has 3 aromatic rings. The quantitative estimate of drug-likeness (QED) is 0.337. The predicted molar refractivity (Wildman–Crippen MR) is 155 cm³/mol. The van der Waals surface area contributed by atoms with Crippen molar-refractivity contribution in [3.05, 3.63) is 107 Å². The smallest absolute Gasteiger partial charge is 0.326 e. The third kappa shape index (κ3) is 9.07. The van der Waals surface area contributed by atoms with Crippen molar-refractivity contribution in [2.24, 2.45) is 5.92 Å². The Morgan fingerprint density at radius 1 is 0.976 bits per heavy atom. The molecule has 0 spiro atoms. The van der Waals surface area contributed by atoms with Crippen molar-refractivity contribution in [1.82, 2.24) is 10.2 Å². The SMILES string of the molecule is N#Cc1ccc(C=CC(=O)N2CCC(CC(=O)NC(Cc3ccc(OCc4ccccc4)cc3)C(=O)O)CC2)cc1. The average molecular weight is 552 g/mol. The summed E-state index contributed by atoms with van der Waals surface area (Å²) in [5.74, 6) is -0.720. The van der Waals surface area contributed by atoms with Crippen LogP contribution in [-0.2, 0) is 27.4 Å². The molecule has 4 rings (SSSR count). The van der Waals surface area contributed by atoms with Gasteiger partial charge < -0.3 is 20.1 Å². The van der Waals surface area contributed by atoms with E-state index in [1.54, 1.807) is 47.4 Å². The fourth-order valence-corrected chi connectivity index (χ4v) is 4.71. The Morgan fingerprint density at radius 2 is 1.66 bits per heavy atom. The minimum atomic E-state index is -1.09. The molecule has 1 unspecified atom stereocenters. The van der Waals surface area contributed by atoms with Crippen molar-refractivity contribution in [3.8, 4) is 11.8 Å². The zero-order chi connectivity index (χ0) is 29.0. The molecule has 0 aliphatic carbocycles. The summed E-state index contributed by atoms with van der Waals surface area (Å²) in [4.78, 5) is 38.9. The van der Waals surface area contributed by atoms with E-state index in [4.69, 9.17) is 10.00 Å². The number of nitriles is 1. The van der Waals surface area contributed by atoms with Crippen LogP contribution in [-0.4, -0.2) is 46.9 Å². The highest BCUT2D eigenvalue weighted by molar-refractivity contribution is 5.92. The van der Waals surface area contributed by atoms with Crippen molar-refractivity contribution >= 4 is 23.9 Å². The monoisotopic (exact) mass is 551 g/mol. The van der Waals surface area contributed by atoms with Crippen LogP contribution in [0.5, 0.6) is 5.75 Å². The molecule has 41 heavy (non-hydrogen) atoms. The molecular weight excluding hydrogens is 518 g/mol. The number of amides is 2. The van der Waals surface area contributed by atoms with Crippen LogP contribution < -0.4 is 10.1 Å². The van der Waals surface area contributed by atoms with Crippen molar-refractivity contribution < 1.29 is 24.2 Å². The van der Waals surface area contributed by atoms with Gasteiger partial charge in [-0.2, -0.15) is 5.26 Å². The minimum Gasteiger partial charge on any atom is -0.489 e. The summed E-state index contributed by atoms with van der Waals surface area (Å²) < 4.78 is 5.79. The maximum Gasteiger partial charge on any atom is 0.326 e. The Bertz CT molecular complexity index is 1390. The summed E-state index contributed by atoms with van der Waals surface area (Å²) in [6.07, 6.45) is 4.98. The number of likely N-dealkylation sites (tertiary alicyclic amines) is 1. The van der Waals surface area contributed by atoms with Gasteiger partial charge in [-0.15, -0.1) is 0 Å². The number of ether oxygens (including phenoxy) is 1. The van der Waals surface area contributed by atoms with Gasteiger partial charge in [0, 0.05) is 32.0 Å². The molecule has 0 saturated carbocycles. The molecule has 1 atom stereocenters. The predicted octanol–water partition coefficient (Wildman–Crippen LogP) is 4.59. The van der Waals surface area contributed by atoms with Crippen LogP contribution in [0.3, 0.4) is 0 Å². The Kier molecular flexibility index (Phi) is 10.3. The van der Waals surface area contributed by atoms with Gasteiger partial charge in [0.2, 0.25) is 11.8 Å². The van der Waals surface area contributed by atoms with Gasteiger partial charge in [0.15, 0.2) is 0 Å². The van der Waals surface area contributed by atoms with Crippen molar-refractivity contribution in [1.29, 1.82) is 5.26 Å². The first-order valence-corrected chi connectivity index (χ1v) is 13.6. The molecule has 1 fully saturated rings. The molecule has 210 valence electrons. The number of nitrogens with zero attached hydrogens (tertiary/aromatic N) is 2. The zero-order valence-electron chi connectivity index (χ0n) is 22.7. The zero-order valence-corrected chi connectivity index (χ0v) is 22.7. The number of carbonyl (C=O) groups excluding carboxylic acids is 2. The van der Waals surface area contributed by atoms with E-state index in [0.29, 0.717) is 43.9 Å². The second-order valence-corrected chi connectivity index (χ2v) is 10.1. The van der Waals surface area contributed by atoms with Gasteiger partial charge >= 0.3 is 5.97 Å². The summed E-state index contributed by atoms with van der Waals surface area (Å²) in [7, 11) is 0. The number of carboxylic acids is 1. The number of rotatable bonds is 11. The lowest BCUT2D eigenvalue weighted by molar-refractivity contribution is -0.142. The molecule has 8 heteroatoms. The molecule has 2 N–H and O–H groups in total. The molecule has 1 heterocycles. The fraction of sp³-hybridized carbons (Fsp3) is 0.273. The van der Waals surface area contributed by atoms with Gasteiger partial charge in [-0.1, -0.05) is 54.6 Å². The lowest BCUT2D eigenvalue weighted by Crippen LogP contribution is -2.44. The maximum absolute atomic E-state index is 12.7. The summed E-state index contributed by atoms with van der Waals surface area (Å²) in [6, 6.07) is 25.0. The number of hydrogen-bond donors (Lipinski definition) is 2. The first-order chi connectivity index (χ1) is 19.9. The molecule has 8 nitrogen and oxygen atoms in total. The van der Waals surface area contributed by atoms with E-state index in [0.717, 1.165) is 16.7 Å². The van der Waals surface area contributed by atoms with Crippen LogP contribution in [0.1, 0.15) is 41.5 Å². The number of carboxylic acid groups (broad SMARTS) is 1. The first-order valence-electron chi connectivity index (χ1n) is 13.6. The van der Waals surface area contributed by atoms with E-state index in [1.807, 2.05) is 42.5 Å². The Hall–Kier alpha value is -4.90. The molecule has 1 aliphatic rings. The van der Waals surface area contributed by atoms with Gasteiger partial charge in [0.05, 0.1) is 11.6 Å². The van der Waals surface area contributed by atoms with Crippen LogP contribution in [0.15, 0.2) is 84.9 Å². The van der Waals surface area contributed by atoms with Crippen LogP contribution >= 0.6 is 0 Å². The molecule has 0 radical (unpaired) electrons. The highest BCUT2D eigenvalue weighted by Crippen LogP contribution is 2.21. The van der Waals surface area contributed by atoms with Crippen molar-refractivity contribution in [2.75, 3.05) is 13.1 Å². The second-order valence-electron chi connectivity index (χ2n) is 10.1. The van der Waals surface area contributed by atoms with Crippen molar-refractivity contribution in [2.45, 2.75) is 38.3 Å². The summed E-state index contributed by atoms with van der Waals surface area (Å²) in [5, 5.41) is 21.3. The van der Waals surface area contributed by atoms with Gasteiger partial charge in [-0.3, -0.25) is 9.59 Å². The molecule has 1 aliphatic heterocycles. The first kappa shape index (κ1) is 29.1. The summed E-state index contributed by atoms with van der Waals surface area (Å²) in [6.45, 7) is 1.52. The minimum absolute atomic E-state index is 0.0806. The second kappa shape index (κ2) is 14.5. The van der Waals surface area contributed by atoms with Crippen LogP contribution in [0.25, 0.3) is 6.08 Å². The molecule has 2 amide bonds. The van der Waals surface area contributed by atoms with Gasteiger partial charge in [-0.05, 0) is 65.8 Å². The van der Waals surface area contributed by atoms with Crippen molar-refractivity contribution in [3.63, 3.8) is 0 Å². The lowest BCUT2D eigenvalue weighted by atomic mass is 9.93. The Balaban J connectivity index is 1.20. The van der Waals surface area contributed by atoms with Crippen LogP contribution in [0.4, 0.5) is 0 Å². The van der Waals surface area contributed by atoms with E-state index in [-0.39, 0.29) is 30.6 Å². The Labute approximate surface area is 239 Å². The number of carbonyl (C=O) groups is 3. The van der Waals surface area contributed by atoms with Gasteiger partial charge in [0.25, 0.3) is 0 Å². The molecule has 0 bridgehead atoms. The molecule has 1 saturated heterocycles. The number of hydrogen-bond acceptors (Lipinski definition) is 5. The number of nitrogens with one attached hydrogen (secondary N) is 1. The summed E-state index contributed by atoms with van der Waals surface area (Å²) >= 11 is 0. The number of benzene rings is 3. The van der Waals surface area contributed by atoms with E-state index in [2.05, 4.69) is 11.4 Å². The molecular formula is C33H33N3O5. The highest BCUT2D eigenvalue weighted by atomic mass is 16.5. The van der Waals surface area contributed by atoms with E-state index in [9.17, 15) is 19.5 Å². The van der Waals surface area contributed by atoms with Gasteiger partial charge in [0.1, 0.15) is 18.4 Å². The maximum atomic E-state index is 12.7. The van der Waals surface area contributed by atoms with Gasteiger partial charge in [-0.25, -0.2) is 4.79 Å². The average Bonchev–Trinajstić information content (AvgIpc) is 3.00. The normalized spacial score (nSPS) is 14.3. The third-order valence-corrected chi connectivity index (χ3v) is 7.10. The number of aliphatic carboxylic acids is 1. The van der Waals surface area contributed by atoms with Crippen LogP contribution in [0, 0.1) is 17.2 Å². The van der Waals surface area contributed by atoms with E-state index >= 15 is 0 Å².